The van der Waals surface area contributed by atoms with Gasteiger partial charge in [-0.3, -0.25) is 0 Å². The molecular weight excluding hydrogens is 174 g/mol. The molecule has 0 amide bonds. The highest BCUT2D eigenvalue weighted by molar-refractivity contribution is 5.58. The minimum Gasteiger partial charge on any atom is -0.390 e. The van der Waals surface area contributed by atoms with Gasteiger partial charge in [-0.05, 0) is 37.5 Å². The second-order valence-corrected chi connectivity index (χ2v) is 4.61. The maximum absolute atomic E-state index is 9.78. The van der Waals surface area contributed by atoms with Crippen LogP contribution in [0.15, 0.2) is 18.2 Å². The minimum absolute atomic E-state index is 0.613. The Morgan fingerprint density at radius 1 is 1.43 bits per heavy atom. The molecule has 0 saturated carbocycles. The summed E-state index contributed by atoms with van der Waals surface area (Å²) in [5.74, 6) is 0. The summed E-state index contributed by atoms with van der Waals surface area (Å²) < 4.78 is 0. The smallest absolute Gasteiger partial charge is 0.0632 e. The van der Waals surface area contributed by atoms with Crippen molar-refractivity contribution in [3.8, 4) is 0 Å². The zero-order chi connectivity index (χ0) is 10.2. The number of fused-ring (bicyclic) bond motifs is 1. The van der Waals surface area contributed by atoms with Crippen molar-refractivity contribution in [3.05, 3.63) is 29.3 Å². The molecule has 0 fully saturated rings. The summed E-state index contributed by atoms with van der Waals surface area (Å²) in [5.41, 5.74) is 3.29. The third-order valence-corrected chi connectivity index (χ3v) is 2.59. The van der Waals surface area contributed by atoms with E-state index >= 15 is 0 Å². The lowest BCUT2D eigenvalue weighted by molar-refractivity contribution is 0.0808. The fourth-order valence-electron chi connectivity index (χ4n) is 2.05. The molecule has 14 heavy (non-hydrogen) atoms. The van der Waals surface area contributed by atoms with E-state index in [0.29, 0.717) is 0 Å². The van der Waals surface area contributed by atoms with Crippen molar-refractivity contribution < 1.29 is 5.11 Å². The van der Waals surface area contributed by atoms with Crippen LogP contribution in [0.1, 0.15) is 25.0 Å². The molecule has 2 nitrogen and oxygen atoms in total. The first kappa shape index (κ1) is 9.53. The first-order valence-corrected chi connectivity index (χ1v) is 5.13. The Labute approximate surface area is 85.0 Å². The average molecular weight is 191 g/mol. The fraction of sp³-hybridized carbons (Fsp3) is 0.500. The summed E-state index contributed by atoms with van der Waals surface area (Å²) in [4.78, 5) is 0. The van der Waals surface area contributed by atoms with Gasteiger partial charge in [0.15, 0.2) is 0 Å². The maximum atomic E-state index is 9.78. The topological polar surface area (TPSA) is 32.3 Å². The standard InChI is InChI=1S/C12H17NO/c1-12(2,14)8-9-4-3-5-11-10(9)6-7-13-11/h3-5,13-14H,6-8H2,1-2H3. The SMILES string of the molecule is CC(C)(O)Cc1cccc2c1CCN2. The lowest BCUT2D eigenvalue weighted by atomic mass is 9.94. The quantitative estimate of drug-likeness (QED) is 0.749. The molecule has 1 aromatic carbocycles. The number of hydrogen-bond donors (Lipinski definition) is 2. The number of anilines is 1. The van der Waals surface area contributed by atoms with Crippen molar-refractivity contribution in [2.75, 3.05) is 11.9 Å². The van der Waals surface area contributed by atoms with Crippen LogP contribution in [0.25, 0.3) is 0 Å². The molecule has 1 aliphatic heterocycles. The van der Waals surface area contributed by atoms with Gasteiger partial charge in [0.05, 0.1) is 5.60 Å². The van der Waals surface area contributed by atoms with Gasteiger partial charge < -0.3 is 10.4 Å². The van der Waals surface area contributed by atoms with Crippen LogP contribution in [0.4, 0.5) is 5.69 Å². The van der Waals surface area contributed by atoms with E-state index in [1.807, 2.05) is 13.8 Å². The lowest BCUT2D eigenvalue weighted by Crippen LogP contribution is -2.22. The predicted molar refractivity (Wildman–Crippen MR) is 58.6 cm³/mol. The van der Waals surface area contributed by atoms with E-state index in [1.54, 1.807) is 0 Å². The van der Waals surface area contributed by atoms with E-state index in [4.69, 9.17) is 0 Å². The van der Waals surface area contributed by atoms with Crippen LogP contribution < -0.4 is 5.32 Å². The molecule has 1 aliphatic rings. The Kier molecular flexibility index (Phi) is 2.23. The van der Waals surface area contributed by atoms with Gasteiger partial charge in [-0.1, -0.05) is 12.1 Å². The summed E-state index contributed by atoms with van der Waals surface area (Å²) in [6.07, 6.45) is 1.82. The van der Waals surface area contributed by atoms with Crippen LogP contribution in [-0.4, -0.2) is 17.3 Å². The Bertz CT molecular complexity index is 339. The highest BCUT2D eigenvalue weighted by atomic mass is 16.3. The monoisotopic (exact) mass is 191 g/mol. The maximum Gasteiger partial charge on any atom is 0.0632 e. The van der Waals surface area contributed by atoms with Crippen LogP contribution in [0.2, 0.25) is 0 Å². The Morgan fingerprint density at radius 2 is 2.21 bits per heavy atom. The highest BCUT2D eigenvalue weighted by Gasteiger charge is 2.19. The number of nitrogens with one attached hydrogen (secondary N) is 1. The molecule has 0 spiro atoms. The molecule has 0 aromatic heterocycles. The molecule has 0 aliphatic carbocycles. The molecule has 0 saturated heterocycles. The van der Waals surface area contributed by atoms with Gasteiger partial charge >= 0.3 is 0 Å². The summed E-state index contributed by atoms with van der Waals surface area (Å²) in [6, 6.07) is 6.28. The summed E-state index contributed by atoms with van der Waals surface area (Å²) in [7, 11) is 0. The van der Waals surface area contributed by atoms with E-state index in [1.165, 1.54) is 16.8 Å². The normalized spacial score (nSPS) is 15.1. The van der Waals surface area contributed by atoms with Gasteiger partial charge in [-0.25, -0.2) is 0 Å². The molecule has 2 rings (SSSR count). The van der Waals surface area contributed by atoms with E-state index in [0.717, 1.165) is 19.4 Å². The number of benzene rings is 1. The number of aliphatic hydroxyl groups is 1. The number of hydrogen-bond acceptors (Lipinski definition) is 2. The third-order valence-electron chi connectivity index (χ3n) is 2.59. The molecule has 0 radical (unpaired) electrons. The average Bonchev–Trinajstić information content (AvgIpc) is 2.49. The van der Waals surface area contributed by atoms with Crippen LogP contribution >= 0.6 is 0 Å². The van der Waals surface area contributed by atoms with Crippen LogP contribution in [0.5, 0.6) is 0 Å². The van der Waals surface area contributed by atoms with Crippen molar-refractivity contribution in [1.29, 1.82) is 0 Å². The van der Waals surface area contributed by atoms with Gasteiger partial charge in [0.25, 0.3) is 0 Å². The van der Waals surface area contributed by atoms with Crippen molar-refractivity contribution in [1.82, 2.24) is 0 Å². The highest BCUT2D eigenvalue weighted by Crippen LogP contribution is 2.27. The summed E-state index contributed by atoms with van der Waals surface area (Å²) in [5, 5.41) is 13.1. The first-order chi connectivity index (χ1) is 6.56. The second kappa shape index (κ2) is 3.28. The van der Waals surface area contributed by atoms with Crippen LogP contribution in [0.3, 0.4) is 0 Å². The Hall–Kier alpha value is -1.02. The zero-order valence-corrected chi connectivity index (χ0v) is 8.80. The Balaban J connectivity index is 2.31. The van der Waals surface area contributed by atoms with Crippen molar-refractivity contribution >= 4 is 5.69 Å². The summed E-state index contributed by atoms with van der Waals surface area (Å²) >= 11 is 0. The minimum atomic E-state index is -0.613. The lowest BCUT2D eigenvalue weighted by Gasteiger charge is -2.18. The predicted octanol–water partition coefficient (Wildman–Crippen LogP) is 1.97. The molecule has 0 bridgehead atoms. The van der Waals surface area contributed by atoms with Crippen molar-refractivity contribution in [2.24, 2.45) is 0 Å². The van der Waals surface area contributed by atoms with Gasteiger partial charge in [0, 0.05) is 18.7 Å². The zero-order valence-electron chi connectivity index (χ0n) is 8.80. The van der Waals surface area contributed by atoms with Crippen molar-refractivity contribution in [3.63, 3.8) is 0 Å². The molecule has 1 aromatic rings. The molecule has 76 valence electrons. The van der Waals surface area contributed by atoms with Gasteiger partial charge in [-0.15, -0.1) is 0 Å². The largest absolute Gasteiger partial charge is 0.390 e. The van der Waals surface area contributed by atoms with E-state index in [-0.39, 0.29) is 0 Å². The molecule has 2 heteroatoms. The van der Waals surface area contributed by atoms with E-state index in [2.05, 4.69) is 23.5 Å². The van der Waals surface area contributed by atoms with Gasteiger partial charge in [0.2, 0.25) is 0 Å². The Morgan fingerprint density at radius 3 is 2.93 bits per heavy atom. The molecule has 2 N–H and O–H groups in total. The van der Waals surface area contributed by atoms with Gasteiger partial charge in [-0.2, -0.15) is 0 Å². The van der Waals surface area contributed by atoms with Crippen LogP contribution in [0, 0.1) is 0 Å². The van der Waals surface area contributed by atoms with E-state index < -0.39 is 5.60 Å². The second-order valence-electron chi connectivity index (χ2n) is 4.61. The molecular formula is C12H17NO. The van der Waals surface area contributed by atoms with Gasteiger partial charge in [0.1, 0.15) is 0 Å². The summed E-state index contributed by atoms with van der Waals surface area (Å²) in [6.45, 7) is 4.74. The van der Waals surface area contributed by atoms with Crippen LogP contribution in [-0.2, 0) is 12.8 Å². The fourth-order valence-corrected chi connectivity index (χ4v) is 2.05. The molecule has 0 unspecified atom stereocenters. The number of rotatable bonds is 2. The third kappa shape index (κ3) is 1.90. The van der Waals surface area contributed by atoms with Crippen molar-refractivity contribution in [2.45, 2.75) is 32.3 Å². The van der Waals surface area contributed by atoms with E-state index in [9.17, 15) is 5.11 Å². The first-order valence-electron chi connectivity index (χ1n) is 5.13. The molecule has 0 atom stereocenters. The molecule has 1 heterocycles.